The van der Waals surface area contributed by atoms with E-state index in [0.717, 1.165) is 6.42 Å². The van der Waals surface area contributed by atoms with Crippen LogP contribution in [0.25, 0.3) is 0 Å². The Balaban J connectivity index is 2.53. The van der Waals surface area contributed by atoms with Crippen LogP contribution in [0.15, 0.2) is 42.4 Å². The molecule has 112 valence electrons. The Labute approximate surface area is 133 Å². The lowest BCUT2D eigenvalue weighted by Crippen LogP contribution is -2.40. The van der Waals surface area contributed by atoms with Gasteiger partial charge in [-0.05, 0) is 43.0 Å². The standard InChI is InChI=1S/C18H30OSi/c1-18(2,3)20(4,5)19-16-12-7-6-9-13-17-14-10-8-11-15-17/h6-8,10-11,14-15H,9,12-13,16H2,1-5H3/b7-6+/i8D,10D,11D,14D,15D. The summed E-state index contributed by atoms with van der Waals surface area (Å²) in [5.41, 5.74) is 0.383. The van der Waals surface area contributed by atoms with Crippen LogP contribution < -0.4 is 0 Å². The van der Waals surface area contributed by atoms with Crippen LogP contribution in [0.4, 0.5) is 0 Å². The molecule has 0 bridgehead atoms. The van der Waals surface area contributed by atoms with E-state index in [1.807, 2.05) is 12.2 Å². The van der Waals surface area contributed by atoms with Gasteiger partial charge in [0.1, 0.15) is 0 Å². The highest BCUT2D eigenvalue weighted by Gasteiger charge is 2.36. The third-order valence-corrected chi connectivity index (χ3v) is 8.37. The first-order valence-corrected chi connectivity index (χ1v) is 10.2. The van der Waals surface area contributed by atoms with E-state index in [2.05, 4.69) is 33.9 Å². The first-order chi connectivity index (χ1) is 11.4. The minimum Gasteiger partial charge on any atom is -0.417 e. The van der Waals surface area contributed by atoms with Crippen molar-refractivity contribution in [3.63, 3.8) is 0 Å². The van der Waals surface area contributed by atoms with Gasteiger partial charge in [-0.15, -0.1) is 0 Å². The summed E-state index contributed by atoms with van der Waals surface area (Å²) >= 11 is 0. The third kappa shape index (κ3) is 6.06. The van der Waals surface area contributed by atoms with Crippen molar-refractivity contribution in [2.24, 2.45) is 0 Å². The SMILES string of the molecule is [2H]c1c([2H])c([2H])c(CC/C=C/CCO[Si](C)(C)C(C)(C)C)c([2H])c1[2H]. The van der Waals surface area contributed by atoms with Gasteiger partial charge in [0.15, 0.2) is 8.32 Å². The number of benzene rings is 1. The Morgan fingerprint density at radius 2 is 1.70 bits per heavy atom. The molecule has 0 fully saturated rings. The normalized spacial score (nSPS) is 16.6. The first-order valence-electron chi connectivity index (χ1n) is 9.75. The van der Waals surface area contributed by atoms with Gasteiger partial charge < -0.3 is 4.43 Å². The molecule has 0 radical (unpaired) electrons. The average molecular weight is 296 g/mol. The zero-order valence-electron chi connectivity index (χ0n) is 18.4. The van der Waals surface area contributed by atoms with Crippen molar-refractivity contribution in [2.45, 2.75) is 58.2 Å². The fourth-order valence-electron chi connectivity index (χ4n) is 1.46. The van der Waals surface area contributed by atoms with Crippen LogP contribution in [-0.2, 0) is 10.8 Å². The van der Waals surface area contributed by atoms with E-state index in [1.165, 1.54) is 0 Å². The van der Waals surface area contributed by atoms with Crippen molar-refractivity contribution in [1.82, 2.24) is 0 Å². The van der Waals surface area contributed by atoms with E-state index in [1.54, 1.807) is 0 Å². The number of rotatable bonds is 7. The molecule has 0 aliphatic rings. The summed E-state index contributed by atoms with van der Waals surface area (Å²) in [4.78, 5) is 0. The first kappa shape index (κ1) is 10.8. The van der Waals surface area contributed by atoms with Gasteiger partial charge in [0.05, 0.1) is 6.85 Å². The number of allylic oxidation sites excluding steroid dienone is 1. The Kier molecular flexibility index (Phi) is 4.21. The highest BCUT2D eigenvalue weighted by atomic mass is 28.4. The molecule has 0 N–H and O–H groups in total. The highest BCUT2D eigenvalue weighted by molar-refractivity contribution is 6.74. The molecule has 0 aliphatic carbocycles. The predicted octanol–water partition coefficient (Wildman–Crippen LogP) is 5.59. The molecule has 0 spiro atoms. The molecule has 0 amide bonds. The summed E-state index contributed by atoms with van der Waals surface area (Å²) in [6.45, 7) is 11.8. The van der Waals surface area contributed by atoms with Crippen LogP contribution in [0.3, 0.4) is 0 Å². The van der Waals surface area contributed by atoms with Gasteiger partial charge in [0.2, 0.25) is 0 Å². The molecule has 1 rings (SSSR count). The van der Waals surface area contributed by atoms with Crippen LogP contribution >= 0.6 is 0 Å². The molecule has 0 unspecified atom stereocenters. The van der Waals surface area contributed by atoms with Crippen LogP contribution in [0.5, 0.6) is 0 Å². The van der Waals surface area contributed by atoms with Crippen molar-refractivity contribution >= 4 is 8.32 Å². The lowest BCUT2D eigenvalue weighted by atomic mass is 10.1. The lowest BCUT2D eigenvalue weighted by Gasteiger charge is -2.36. The van der Waals surface area contributed by atoms with Gasteiger partial charge in [-0.1, -0.05) is 63.1 Å². The van der Waals surface area contributed by atoms with Crippen LogP contribution in [0, 0.1) is 0 Å². The van der Waals surface area contributed by atoms with Gasteiger partial charge in [-0.25, -0.2) is 0 Å². The van der Waals surface area contributed by atoms with Crippen molar-refractivity contribution in [3.8, 4) is 0 Å². The summed E-state index contributed by atoms with van der Waals surface area (Å²) in [5.74, 6) is 0. The van der Waals surface area contributed by atoms with Crippen LogP contribution in [0.1, 0.15) is 46.0 Å². The molecular weight excluding hydrogens is 260 g/mol. The summed E-state index contributed by atoms with van der Waals surface area (Å²) in [7, 11) is -1.70. The van der Waals surface area contributed by atoms with Crippen molar-refractivity contribution in [2.75, 3.05) is 6.61 Å². The van der Waals surface area contributed by atoms with Crippen molar-refractivity contribution in [3.05, 3.63) is 47.9 Å². The van der Waals surface area contributed by atoms with E-state index in [-0.39, 0.29) is 35.3 Å². The van der Waals surface area contributed by atoms with Gasteiger partial charge in [-0.3, -0.25) is 0 Å². The molecule has 1 aromatic rings. The molecule has 0 saturated heterocycles. The zero-order valence-corrected chi connectivity index (χ0v) is 14.4. The van der Waals surface area contributed by atoms with Crippen LogP contribution in [0.2, 0.25) is 18.1 Å². The molecule has 0 aliphatic heterocycles. The summed E-state index contributed by atoms with van der Waals surface area (Å²) in [5, 5.41) is 0.206. The lowest BCUT2D eigenvalue weighted by molar-refractivity contribution is 0.294. The molecule has 0 aromatic heterocycles. The highest BCUT2D eigenvalue weighted by Crippen LogP contribution is 2.36. The van der Waals surface area contributed by atoms with Gasteiger partial charge >= 0.3 is 0 Å². The fourth-order valence-corrected chi connectivity index (χ4v) is 2.52. The minimum atomic E-state index is -1.70. The topological polar surface area (TPSA) is 9.23 Å². The molecule has 2 heteroatoms. The molecule has 1 nitrogen and oxygen atoms in total. The van der Waals surface area contributed by atoms with Crippen molar-refractivity contribution < 1.29 is 11.3 Å². The minimum absolute atomic E-state index is 0.0966. The molecule has 0 saturated carbocycles. The number of hydrogen-bond acceptors (Lipinski definition) is 1. The predicted molar refractivity (Wildman–Crippen MR) is 91.7 cm³/mol. The van der Waals surface area contributed by atoms with Crippen molar-refractivity contribution in [1.29, 1.82) is 0 Å². The van der Waals surface area contributed by atoms with Gasteiger partial charge in [0, 0.05) is 6.61 Å². The summed E-state index contributed by atoms with van der Waals surface area (Å²) in [6, 6.07) is -1.05. The Hall–Kier alpha value is -0.863. The van der Waals surface area contributed by atoms with Gasteiger partial charge in [0.25, 0.3) is 0 Å². The maximum Gasteiger partial charge on any atom is 0.191 e. The molecule has 0 heterocycles. The smallest absolute Gasteiger partial charge is 0.191 e. The Morgan fingerprint density at radius 3 is 2.30 bits per heavy atom. The maximum absolute atomic E-state index is 7.90. The van der Waals surface area contributed by atoms with E-state index < -0.39 is 8.32 Å². The maximum atomic E-state index is 7.90. The fraction of sp³-hybridized carbons (Fsp3) is 0.556. The Morgan fingerprint density at radius 1 is 1.10 bits per heavy atom. The monoisotopic (exact) mass is 295 g/mol. The largest absolute Gasteiger partial charge is 0.417 e. The summed E-state index contributed by atoms with van der Waals surface area (Å²) in [6.07, 6.45) is 5.95. The molecule has 0 atom stereocenters. The number of hydrogen-bond donors (Lipinski definition) is 0. The second kappa shape index (κ2) is 7.80. The zero-order chi connectivity index (χ0) is 19.4. The molecule has 1 aromatic carbocycles. The molecular formula is C18H30OSi. The third-order valence-electron chi connectivity index (χ3n) is 3.83. The van der Waals surface area contributed by atoms with E-state index in [0.29, 0.717) is 25.0 Å². The quantitative estimate of drug-likeness (QED) is 0.362. The Bertz CT molecular complexity index is 606. The van der Waals surface area contributed by atoms with Gasteiger partial charge in [-0.2, -0.15) is 0 Å². The van der Waals surface area contributed by atoms with E-state index in [9.17, 15) is 0 Å². The second-order valence-corrected chi connectivity index (χ2v) is 11.3. The molecule has 20 heavy (non-hydrogen) atoms. The summed E-state index contributed by atoms with van der Waals surface area (Å²) < 4.78 is 44.8. The second-order valence-electron chi connectivity index (χ2n) is 6.51. The van der Waals surface area contributed by atoms with Crippen LogP contribution in [-0.4, -0.2) is 14.9 Å². The van der Waals surface area contributed by atoms with E-state index >= 15 is 0 Å². The average Bonchev–Trinajstić information content (AvgIpc) is 2.51. The van der Waals surface area contributed by atoms with E-state index in [4.69, 9.17) is 11.3 Å².